The van der Waals surface area contributed by atoms with E-state index in [-0.39, 0.29) is 11.0 Å². The van der Waals surface area contributed by atoms with Crippen LogP contribution < -0.4 is 10.0 Å². The Hall–Kier alpha value is -1.83. The molecule has 0 saturated carbocycles. The van der Waals surface area contributed by atoms with Crippen LogP contribution in [0.25, 0.3) is 0 Å². The Kier molecular flexibility index (Phi) is 8.31. The highest BCUT2D eigenvalue weighted by Crippen LogP contribution is 2.37. The number of nitrogens with one attached hydrogen (secondary N) is 2. The second-order valence-electron chi connectivity index (χ2n) is 6.73. The van der Waals surface area contributed by atoms with Crippen molar-refractivity contribution in [2.24, 2.45) is 4.36 Å². The summed E-state index contributed by atoms with van der Waals surface area (Å²) in [6, 6.07) is 8.86. The van der Waals surface area contributed by atoms with Gasteiger partial charge in [0.25, 0.3) is 5.91 Å². The van der Waals surface area contributed by atoms with Crippen molar-refractivity contribution >= 4 is 33.6 Å². The third-order valence-electron chi connectivity index (χ3n) is 5.30. The number of carbonyl (C=O) groups is 2. The minimum atomic E-state index is -2.70. The lowest BCUT2D eigenvalue weighted by molar-refractivity contribution is -0.960. The maximum atomic E-state index is 13.5. The molecule has 29 heavy (non-hydrogen) atoms. The fourth-order valence-corrected chi connectivity index (χ4v) is 4.27. The smallest absolute Gasteiger partial charge is 0.306 e. The van der Waals surface area contributed by atoms with Crippen molar-refractivity contribution in [2.75, 3.05) is 53.9 Å². The largest absolute Gasteiger partial charge is 0.311 e. The van der Waals surface area contributed by atoms with Crippen LogP contribution in [0.5, 0.6) is 0 Å². The first-order valence-electron chi connectivity index (χ1n) is 8.94. The van der Waals surface area contributed by atoms with Gasteiger partial charge < -0.3 is 9.32 Å². The number of benzene rings is 1. The molecule has 1 unspecified atom stereocenters. The summed E-state index contributed by atoms with van der Waals surface area (Å²) in [5.74, 6) is -0.598. The van der Waals surface area contributed by atoms with Crippen LogP contribution in [-0.4, -0.2) is 83.0 Å². The number of quaternary nitrogens is 1. The number of amides is 2. The van der Waals surface area contributed by atoms with Gasteiger partial charge in [-0.15, -0.1) is 0 Å². The Bertz CT molecular complexity index is 848. The van der Waals surface area contributed by atoms with Crippen molar-refractivity contribution in [3.8, 4) is 0 Å². The first kappa shape index (κ1) is 23.4. The Morgan fingerprint density at radius 1 is 1.28 bits per heavy atom. The number of rotatable bonds is 7. The van der Waals surface area contributed by atoms with Gasteiger partial charge in [0.2, 0.25) is 5.54 Å². The van der Waals surface area contributed by atoms with Crippen molar-refractivity contribution in [3.63, 3.8) is 0 Å². The molecule has 1 heterocycles. The molecular weight excluding hydrogens is 418 g/mol. The quantitative estimate of drug-likeness (QED) is 0.458. The van der Waals surface area contributed by atoms with Gasteiger partial charge in [-0.05, 0) is 7.05 Å². The molecule has 0 bridgehead atoms. The zero-order valence-electron chi connectivity index (χ0n) is 16.6. The lowest BCUT2D eigenvalue weighted by Crippen LogP contribution is -2.72. The van der Waals surface area contributed by atoms with Crippen LogP contribution in [-0.2, 0) is 25.7 Å². The summed E-state index contributed by atoms with van der Waals surface area (Å²) < 4.78 is 29.0. The molecule has 1 aromatic carbocycles. The molecule has 1 aromatic rings. The number of carbonyl (C=O) groups excluding carboxylic acids is 2. The fraction of sp³-hybridized carbons (Fsp3) is 0.529. The van der Waals surface area contributed by atoms with E-state index in [0.29, 0.717) is 31.7 Å². The maximum Gasteiger partial charge on any atom is 0.311 e. The Morgan fingerprint density at radius 3 is 2.41 bits per heavy atom. The van der Waals surface area contributed by atoms with E-state index in [0.717, 1.165) is 11.9 Å². The van der Waals surface area contributed by atoms with Crippen LogP contribution in [0, 0.1) is 0 Å². The van der Waals surface area contributed by atoms with Crippen LogP contribution in [0.3, 0.4) is 0 Å². The van der Waals surface area contributed by atoms with Crippen LogP contribution in [0.4, 0.5) is 4.79 Å². The standard InChI is InChI=1S/C17H25N5O5S2/c1-18-28-16(24)20-15(23)17(13-19-29(25)26,14-7-5-4-6-8-14)22(2)11-9-21(27-3)10-12-22/h4-8,18H,9-13H2,1-3H3/p+1. The van der Waals surface area contributed by atoms with Crippen molar-refractivity contribution in [1.29, 1.82) is 0 Å². The monoisotopic (exact) mass is 444 g/mol. The van der Waals surface area contributed by atoms with Crippen molar-refractivity contribution < 1.29 is 27.3 Å². The van der Waals surface area contributed by atoms with Gasteiger partial charge in [-0.25, -0.2) is 0 Å². The predicted molar refractivity (Wildman–Crippen MR) is 109 cm³/mol. The summed E-state index contributed by atoms with van der Waals surface area (Å²) >= 11 is 0.737. The Labute approximate surface area is 176 Å². The molecule has 1 aliphatic rings. The summed E-state index contributed by atoms with van der Waals surface area (Å²) in [5.41, 5.74) is -0.826. The summed E-state index contributed by atoms with van der Waals surface area (Å²) in [6.07, 6.45) is 0. The van der Waals surface area contributed by atoms with E-state index in [1.807, 2.05) is 7.05 Å². The number of nitrogens with zero attached hydrogens (tertiary/aromatic N) is 3. The topological polar surface area (TPSA) is 117 Å². The van der Waals surface area contributed by atoms with Crippen LogP contribution in [0.15, 0.2) is 34.7 Å². The number of hydrogen-bond acceptors (Lipinski definition) is 9. The molecule has 10 nitrogen and oxygen atoms in total. The van der Waals surface area contributed by atoms with Gasteiger partial charge in [0, 0.05) is 17.5 Å². The molecule has 0 aliphatic carbocycles. The van der Waals surface area contributed by atoms with E-state index >= 15 is 0 Å². The Balaban J connectivity index is 2.61. The second-order valence-corrected chi connectivity index (χ2v) is 8.41. The first-order chi connectivity index (χ1) is 13.8. The molecular formula is C17H26N5O5S2+. The second kappa shape index (κ2) is 10.3. The van der Waals surface area contributed by atoms with Crippen molar-refractivity contribution in [3.05, 3.63) is 35.9 Å². The Morgan fingerprint density at radius 2 is 1.90 bits per heavy atom. The highest BCUT2D eigenvalue weighted by Gasteiger charge is 2.57. The molecule has 0 radical (unpaired) electrons. The molecule has 0 aromatic heterocycles. The zero-order chi connectivity index (χ0) is 21.5. The minimum absolute atomic E-state index is 0.168. The van der Waals surface area contributed by atoms with Crippen LogP contribution in [0.1, 0.15) is 5.56 Å². The lowest BCUT2D eigenvalue weighted by Gasteiger charge is -2.52. The van der Waals surface area contributed by atoms with E-state index in [9.17, 15) is 18.0 Å². The van der Waals surface area contributed by atoms with Crippen LogP contribution in [0.2, 0.25) is 0 Å². The fourth-order valence-electron chi connectivity index (χ4n) is 3.65. The van der Waals surface area contributed by atoms with E-state index in [2.05, 4.69) is 14.4 Å². The third-order valence-corrected chi connectivity index (χ3v) is 6.13. The molecule has 160 valence electrons. The molecule has 2 amide bonds. The van der Waals surface area contributed by atoms with Crippen LogP contribution >= 0.6 is 11.9 Å². The number of likely N-dealkylation sites (N-methyl/N-ethyl adjacent to an activating group) is 1. The van der Waals surface area contributed by atoms with Gasteiger partial charge >= 0.3 is 15.7 Å². The van der Waals surface area contributed by atoms with Gasteiger partial charge in [-0.2, -0.15) is 17.8 Å². The van der Waals surface area contributed by atoms with Gasteiger partial charge in [0.05, 0.1) is 40.3 Å². The molecule has 1 saturated heterocycles. The van der Waals surface area contributed by atoms with Gasteiger partial charge in [0.1, 0.15) is 6.54 Å². The maximum absolute atomic E-state index is 13.5. The number of imide groups is 1. The highest BCUT2D eigenvalue weighted by molar-refractivity contribution is 8.11. The van der Waals surface area contributed by atoms with E-state index in [4.69, 9.17) is 4.84 Å². The summed E-state index contributed by atoms with van der Waals surface area (Å²) in [7, 11) is 2.31. The highest BCUT2D eigenvalue weighted by atomic mass is 32.2. The average Bonchev–Trinajstić information content (AvgIpc) is 2.69. The average molecular weight is 445 g/mol. The van der Waals surface area contributed by atoms with Crippen molar-refractivity contribution in [2.45, 2.75) is 5.54 Å². The summed E-state index contributed by atoms with van der Waals surface area (Å²) in [4.78, 5) is 31.0. The van der Waals surface area contributed by atoms with Gasteiger partial charge in [-0.1, -0.05) is 30.3 Å². The van der Waals surface area contributed by atoms with E-state index in [1.165, 1.54) is 0 Å². The molecule has 0 spiro atoms. The summed E-state index contributed by atoms with van der Waals surface area (Å²) in [5, 5.41) is 3.59. The molecule has 1 fully saturated rings. The molecule has 1 atom stereocenters. The van der Waals surface area contributed by atoms with Gasteiger partial charge in [-0.3, -0.25) is 19.6 Å². The zero-order valence-corrected chi connectivity index (χ0v) is 18.3. The molecule has 2 rings (SSSR count). The molecule has 1 aliphatic heterocycles. The number of hydrogen-bond donors (Lipinski definition) is 2. The van der Waals surface area contributed by atoms with Crippen molar-refractivity contribution in [1.82, 2.24) is 15.1 Å². The summed E-state index contributed by atoms with van der Waals surface area (Å²) in [6.45, 7) is 1.73. The normalized spacial score (nSPS) is 18.4. The number of hydroxylamine groups is 2. The SMILES string of the molecule is CNSC(=O)NC(=O)C(CN=S(=O)=O)(c1ccccc1)[N+]1(C)CCN(OC)CC1. The number of piperazine rings is 1. The predicted octanol–water partition coefficient (Wildman–Crippen LogP) is 0.372. The van der Waals surface area contributed by atoms with E-state index < -0.39 is 27.2 Å². The van der Waals surface area contributed by atoms with Gasteiger partial charge in [0.15, 0.2) is 0 Å². The third kappa shape index (κ3) is 5.21. The minimum Gasteiger partial charge on any atom is -0.306 e. The van der Waals surface area contributed by atoms with E-state index in [1.54, 1.807) is 49.6 Å². The molecule has 12 heteroatoms. The first-order valence-corrected chi connectivity index (χ1v) is 10.8. The molecule has 2 N–H and O–H groups in total. The lowest BCUT2D eigenvalue weighted by atomic mass is 9.83.